The maximum Gasteiger partial charge on any atom is 0.329 e. The predicted molar refractivity (Wildman–Crippen MR) is 89.4 cm³/mol. The Bertz CT molecular complexity index is 894. The van der Waals surface area contributed by atoms with Crippen LogP contribution in [0.15, 0.2) is 9.59 Å². The number of unbranched alkanes of at least 4 members (excludes halogenated alkanes) is 1. The van der Waals surface area contributed by atoms with E-state index < -0.39 is 29.2 Å². The van der Waals surface area contributed by atoms with Crippen LogP contribution in [0.25, 0.3) is 11.2 Å². The van der Waals surface area contributed by atoms with Gasteiger partial charge < -0.3 is 15.4 Å². The molecule has 2 aromatic heterocycles. The van der Waals surface area contributed by atoms with Gasteiger partial charge in [0.2, 0.25) is 5.91 Å². The van der Waals surface area contributed by atoms with Gasteiger partial charge in [-0.05, 0) is 6.42 Å². The van der Waals surface area contributed by atoms with Crippen LogP contribution in [-0.2, 0) is 23.1 Å². The minimum Gasteiger partial charge on any atom is -0.480 e. The molecular formula is C15H21N5O5. The van der Waals surface area contributed by atoms with Crippen molar-refractivity contribution in [3.05, 3.63) is 26.7 Å². The van der Waals surface area contributed by atoms with E-state index >= 15 is 0 Å². The molecule has 0 spiro atoms. The van der Waals surface area contributed by atoms with Gasteiger partial charge in [0.1, 0.15) is 17.4 Å². The minimum atomic E-state index is -1.06. The zero-order chi connectivity index (χ0) is 18.6. The average molecular weight is 351 g/mol. The van der Waals surface area contributed by atoms with Crippen molar-refractivity contribution < 1.29 is 14.7 Å². The van der Waals surface area contributed by atoms with E-state index in [-0.39, 0.29) is 24.0 Å². The molecule has 0 fully saturated rings. The number of aliphatic carboxylic acids is 1. The molecule has 0 aromatic carbocycles. The summed E-state index contributed by atoms with van der Waals surface area (Å²) in [5.74, 6) is -1.10. The second-order valence-electron chi connectivity index (χ2n) is 5.80. The van der Waals surface area contributed by atoms with E-state index in [0.717, 1.165) is 6.42 Å². The van der Waals surface area contributed by atoms with Crippen LogP contribution in [0, 0.1) is 0 Å². The number of amides is 1. The van der Waals surface area contributed by atoms with E-state index in [4.69, 9.17) is 5.11 Å². The third-order valence-corrected chi connectivity index (χ3v) is 3.87. The van der Waals surface area contributed by atoms with Crippen molar-refractivity contribution in [2.45, 2.75) is 45.1 Å². The van der Waals surface area contributed by atoms with E-state index in [9.17, 15) is 19.2 Å². The first-order chi connectivity index (χ1) is 11.8. The minimum absolute atomic E-state index is 0.0155. The van der Waals surface area contributed by atoms with E-state index in [1.165, 1.54) is 11.6 Å². The lowest BCUT2D eigenvalue weighted by atomic mass is 10.1. The van der Waals surface area contributed by atoms with Crippen LogP contribution < -0.4 is 16.6 Å². The number of hydrogen-bond donors (Lipinski definition) is 4. The predicted octanol–water partition coefficient (Wildman–Crippen LogP) is -0.358. The Kier molecular flexibility index (Phi) is 5.73. The van der Waals surface area contributed by atoms with E-state index in [1.807, 2.05) is 6.92 Å². The van der Waals surface area contributed by atoms with Gasteiger partial charge in [-0.2, -0.15) is 0 Å². The highest BCUT2D eigenvalue weighted by molar-refractivity contribution is 5.83. The van der Waals surface area contributed by atoms with Gasteiger partial charge in [-0.15, -0.1) is 0 Å². The molecule has 136 valence electrons. The Morgan fingerprint density at radius 1 is 1.32 bits per heavy atom. The fraction of sp³-hybridized carbons (Fsp3) is 0.533. The highest BCUT2D eigenvalue weighted by Crippen LogP contribution is 2.06. The maximum atomic E-state index is 12.0. The lowest BCUT2D eigenvalue weighted by Crippen LogP contribution is -2.40. The van der Waals surface area contributed by atoms with Crippen LogP contribution in [0.4, 0.5) is 0 Å². The number of carboxylic acid groups (broad SMARTS) is 1. The van der Waals surface area contributed by atoms with Crippen LogP contribution in [0.3, 0.4) is 0 Å². The number of aromatic nitrogens is 4. The second kappa shape index (κ2) is 7.77. The highest BCUT2D eigenvalue weighted by atomic mass is 16.4. The number of carboxylic acids is 1. The number of hydrogen-bond acceptors (Lipinski definition) is 5. The Balaban J connectivity index is 2.04. The lowest BCUT2D eigenvalue weighted by molar-refractivity contribution is -0.142. The summed E-state index contributed by atoms with van der Waals surface area (Å²) in [6.45, 7) is 1.94. The molecule has 10 heteroatoms. The number of nitrogens with one attached hydrogen (secondary N) is 3. The highest BCUT2D eigenvalue weighted by Gasteiger charge is 2.19. The second-order valence-corrected chi connectivity index (χ2v) is 5.80. The quantitative estimate of drug-likeness (QED) is 0.510. The average Bonchev–Trinajstić information content (AvgIpc) is 2.99. The third kappa shape index (κ3) is 4.34. The zero-order valence-corrected chi connectivity index (χ0v) is 14.1. The molecule has 2 aromatic rings. The van der Waals surface area contributed by atoms with Gasteiger partial charge in [-0.25, -0.2) is 14.6 Å². The van der Waals surface area contributed by atoms with Gasteiger partial charge in [0.15, 0.2) is 5.65 Å². The number of nitrogens with zero attached hydrogens (tertiary/aromatic N) is 2. The van der Waals surface area contributed by atoms with Crippen LogP contribution >= 0.6 is 0 Å². The summed E-state index contributed by atoms with van der Waals surface area (Å²) in [7, 11) is 1.48. The van der Waals surface area contributed by atoms with E-state index in [1.54, 1.807) is 0 Å². The molecule has 0 saturated carbocycles. The van der Waals surface area contributed by atoms with Crippen molar-refractivity contribution in [3.63, 3.8) is 0 Å². The monoisotopic (exact) mass is 351 g/mol. The number of carbonyl (C=O) groups excluding carboxylic acids is 1. The fourth-order valence-electron chi connectivity index (χ4n) is 2.44. The molecule has 0 aliphatic carbocycles. The molecule has 0 aliphatic rings. The van der Waals surface area contributed by atoms with Crippen LogP contribution in [-0.4, -0.2) is 42.5 Å². The van der Waals surface area contributed by atoms with Gasteiger partial charge in [0.25, 0.3) is 5.56 Å². The summed E-state index contributed by atoms with van der Waals surface area (Å²) < 4.78 is 1.20. The van der Waals surface area contributed by atoms with Crippen LogP contribution in [0.2, 0.25) is 0 Å². The number of fused-ring (bicyclic) bond motifs is 1. The first-order valence-corrected chi connectivity index (χ1v) is 8.03. The molecule has 2 rings (SSSR count). The topological polar surface area (TPSA) is 150 Å². The van der Waals surface area contributed by atoms with Crippen molar-refractivity contribution in [3.8, 4) is 0 Å². The molecule has 1 amide bonds. The largest absolute Gasteiger partial charge is 0.480 e. The number of rotatable bonds is 8. The van der Waals surface area contributed by atoms with Crippen molar-refractivity contribution in [1.29, 1.82) is 0 Å². The molecule has 1 atom stereocenters. The number of H-pyrrole nitrogens is 2. The Labute approximate surface area is 142 Å². The SMILES string of the molecule is CCCCC(NC(=O)CCc1nc2c([nH]1)c(=O)[nH]c(=O)n2C)C(=O)O. The molecule has 0 radical (unpaired) electrons. The van der Waals surface area contributed by atoms with Crippen molar-refractivity contribution in [2.75, 3.05) is 0 Å². The molecule has 1 unspecified atom stereocenters. The van der Waals surface area contributed by atoms with Crippen LogP contribution in [0.1, 0.15) is 38.4 Å². The lowest BCUT2D eigenvalue weighted by Gasteiger charge is -2.13. The van der Waals surface area contributed by atoms with Gasteiger partial charge in [0, 0.05) is 19.9 Å². The summed E-state index contributed by atoms with van der Waals surface area (Å²) in [6.07, 6.45) is 2.12. The Morgan fingerprint density at radius 3 is 2.68 bits per heavy atom. The number of aromatic amines is 2. The summed E-state index contributed by atoms with van der Waals surface area (Å²) in [6, 6.07) is -0.910. The van der Waals surface area contributed by atoms with Crippen molar-refractivity contribution in [2.24, 2.45) is 7.05 Å². The summed E-state index contributed by atoms with van der Waals surface area (Å²) >= 11 is 0. The number of carbonyl (C=O) groups is 2. The van der Waals surface area contributed by atoms with Gasteiger partial charge in [0.05, 0.1) is 0 Å². The normalized spacial score (nSPS) is 12.2. The Hall–Kier alpha value is -2.91. The maximum absolute atomic E-state index is 12.0. The van der Waals surface area contributed by atoms with Gasteiger partial charge in [-0.3, -0.25) is 19.1 Å². The number of aryl methyl sites for hydroxylation is 2. The molecule has 0 bridgehead atoms. The fourth-order valence-corrected chi connectivity index (χ4v) is 2.44. The third-order valence-electron chi connectivity index (χ3n) is 3.87. The molecule has 0 aliphatic heterocycles. The van der Waals surface area contributed by atoms with Crippen molar-refractivity contribution in [1.82, 2.24) is 24.8 Å². The first kappa shape index (κ1) is 18.4. The molecule has 10 nitrogen and oxygen atoms in total. The molecular weight excluding hydrogens is 330 g/mol. The summed E-state index contributed by atoms with van der Waals surface area (Å²) in [5, 5.41) is 11.6. The van der Waals surface area contributed by atoms with E-state index in [2.05, 4.69) is 20.3 Å². The van der Waals surface area contributed by atoms with Crippen LogP contribution in [0.5, 0.6) is 0 Å². The summed E-state index contributed by atoms with van der Waals surface area (Å²) in [4.78, 5) is 55.5. The van der Waals surface area contributed by atoms with Crippen molar-refractivity contribution >= 4 is 23.0 Å². The standard InChI is InChI=1S/C15H21N5O5/c1-3-4-5-8(14(23)24)16-10(21)7-6-9-17-11-12(18-9)20(2)15(25)19-13(11)22/h8H,3-7H2,1-2H3,(H,16,21)(H,17,18)(H,23,24)(H,19,22,25). The first-order valence-electron chi connectivity index (χ1n) is 8.03. The number of imidazole rings is 1. The van der Waals surface area contributed by atoms with Gasteiger partial charge in [-0.1, -0.05) is 19.8 Å². The summed E-state index contributed by atoms with van der Waals surface area (Å²) in [5.41, 5.74) is -0.792. The smallest absolute Gasteiger partial charge is 0.329 e. The van der Waals surface area contributed by atoms with E-state index in [0.29, 0.717) is 18.7 Å². The molecule has 25 heavy (non-hydrogen) atoms. The molecule has 4 N–H and O–H groups in total. The zero-order valence-electron chi connectivity index (χ0n) is 14.1. The molecule has 0 saturated heterocycles. The molecule has 2 heterocycles. The van der Waals surface area contributed by atoms with Gasteiger partial charge >= 0.3 is 11.7 Å². The Morgan fingerprint density at radius 2 is 2.04 bits per heavy atom.